The number of esters is 1. The van der Waals surface area contributed by atoms with Crippen LogP contribution in [0.5, 0.6) is 0 Å². The van der Waals surface area contributed by atoms with E-state index in [9.17, 15) is 4.79 Å². The van der Waals surface area contributed by atoms with Gasteiger partial charge >= 0.3 is 203 Å². The van der Waals surface area contributed by atoms with E-state index in [1.54, 1.807) is 24.3 Å². The van der Waals surface area contributed by atoms with E-state index in [2.05, 4.69) is 27.4 Å². The van der Waals surface area contributed by atoms with Crippen LogP contribution in [0.4, 0.5) is 8.78 Å². The van der Waals surface area contributed by atoms with E-state index >= 15 is 8.78 Å². The van der Waals surface area contributed by atoms with Crippen LogP contribution in [0.1, 0.15) is 71.3 Å². The number of ether oxygens (including phenoxy) is 1. The van der Waals surface area contributed by atoms with Crippen LogP contribution in [-0.4, -0.2) is 37.9 Å². The SMILES string of the molecule is C=C(C/C(=[C](\C(F)F)[Sn]([CH2]CCC)([CH2]CCC)[CH2]CCC)c1ccc(Cl)cc1)C(=O)OC. The number of rotatable bonds is 15. The minimum atomic E-state index is -3.50. The van der Waals surface area contributed by atoms with Crippen LogP contribution in [0.25, 0.3) is 5.57 Å². The van der Waals surface area contributed by atoms with Gasteiger partial charge in [-0.05, 0) is 0 Å². The van der Waals surface area contributed by atoms with Crippen LogP contribution in [0.3, 0.4) is 0 Å². The van der Waals surface area contributed by atoms with Crippen LogP contribution in [0.15, 0.2) is 40.0 Å². The molecular formula is C26H39ClF2O2Sn. The van der Waals surface area contributed by atoms with Gasteiger partial charge in [0.2, 0.25) is 0 Å². The maximum absolute atomic E-state index is 15.0. The average Bonchev–Trinajstić information content (AvgIpc) is 2.78. The summed E-state index contributed by atoms with van der Waals surface area (Å²) in [7, 11) is 1.29. The molecule has 1 rings (SSSR count). The van der Waals surface area contributed by atoms with Crippen molar-refractivity contribution >= 4 is 41.5 Å². The molecule has 0 bridgehead atoms. The van der Waals surface area contributed by atoms with Gasteiger partial charge < -0.3 is 0 Å². The zero-order valence-corrected chi connectivity index (χ0v) is 23.7. The normalized spacial score (nSPS) is 12.6. The number of benzene rings is 1. The molecule has 0 saturated carbocycles. The molecule has 0 spiro atoms. The fraction of sp³-hybridized carbons (Fsp3) is 0.577. The molecule has 1 aromatic rings. The number of hydrogen-bond donors (Lipinski definition) is 0. The van der Waals surface area contributed by atoms with Crippen molar-refractivity contribution in [2.75, 3.05) is 7.11 Å². The van der Waals surface area contributed by atoms with Gasteiger partial charge in [0.1, 0.15) is 0 Å². The summed E-state index contributed by atoms with van der Waals surface area (Å²) in [5.41, 5.74) is 1.49. The van der Waals surface area contributed by atoms with Gasteiger partial charge in [-0.1, -0.05) is 0 Å². The average molecular weight is 576 g/mol. The van der Waals surface area contributed by atoms with E-state index < -0.39 is 30.8 Å². The van der Waals surface area contributed by atoms with Crippen molar-refractivity contribution in [3.63, 3.8) is 0 Å². The molecule has 0 aliphatic rings. The van der Waals surface area contributed by atoms with E-state index in [-0.39, 0.29) is 12.0 Å². The van der Waals surface area contributed by atoms with E-state index in [1.165, 1.54) is 7.11 Å². The molecule has 32 heavy (non-hydrogen) atoms. The summed E-state index contributed by atoms with van der Waals surface area (Å²) in [5.74, 6) is -0.554. The van der Waals surface area contributed by atoms with Gasteiger partial charge in [0, 0.05) is 0 Å². The third-order valence-corrected chi connectivity index (χ3v) is 22.4. The number of methoxy groups -OCH3 is 1. The molecule has 0 aromatic heterocycles. The number of carbonyl (C=O) groups is 1. The molecular weight excluding hydrogens is 536 g/mol. The Labute approximate surface area is 202 Å². The summed E-state index contributed by atoms with van der Waals surface area (Å²) < 4.78 is 38.1. The summed E-state index contributed by atoms with van der Waals surface area (Å²) in [6, 6.07) is 7.03. The van der Waals surface area contributed by atoms with Crippen molar-refractivity contribution < 1.29 is 18.3 Å². The van der Waals surface area contributed by atoms with Gasteiger partial charge in [0.15, 0.2) is 0 Å². The predicted molar refractivity (Wildman–Crippen MR) is 135 cm³/mol. The van der Waals surface area contributed by atoms with Crippen LogP contribution in [-0.2, 0) is 9.53 Å². The van der Waals surface area contributed by atoms with Crippen LogP contribution >= 0.6 is 11.6 Å². The van der Waals surface area contributed by atoms with Crippen LogP contribution in [0, 0.1) is 0 Å². The Kier molecular flexibility index (Phi) is 13.8. The Morgan fingerprint density at radius 2 is 1.47 bits per heavy atom. The summed E-state index contributed by atoms with van der Waals surface area (Å²) in [5, 5.41) is 0.552. The van der Waals surface area contributed by atoms with Gasteiger partial charge in [0.05, 0.1) is 0 Å². The second-order valence-electron chi connectivity index (χ2n) is 8.56. The van der Waals surface area contributed by atoms with Gasteiger partial charge in [0.25, 0.3) is 0 Å². The number of carbonyl (C=O) groups excluding carboxylic acids is 1. The zero-order chi connectivity index (χ0) is 24.1. The molecule has 180 valence electrons. The fourth-order valence-electron chi connectivity index (χ4n) is 4.44. The van der Waals surface area contributed by atoms with Crippen molar-refractivity contribution in [1.82, 2.24) is 0 Å². The molecule has 0 amide bonds. The molecule has 0 N–H and O–H groups in total. The van der Waals surface area contributed by atoms with Crippen molar-refractivity contribution in [2.24, 2.45) is 0 Å². The molecule has 0 radical (unpaired) electrons. The first kappa shape index (κ1) is 29.2. The topological polar surface area (TPSA) is 26.3 Å². The van der Waals surface area contributed by atoms with E-state index in [0.717, 1.165) is 51.8 Å². The van der Waals surface area contributed by atoms with Crippen molar-refractivity contribution in [2.45, 2.75) is 85.5 Å². The Morgan fingerprint density at radius 3 is 1.84 bits per heavy atom. The molecule has 2 nitrogen and oxygen atoms in total. The molecule has 0 fully saturated rings. The summed E-state index contributed by atoms with van der Waals surface area (Å²) in [4.78, 5) is 12.2. The fourth-order valence-corrected chi connectivity index (χ4v) is 21.6. The van der Waals surface area contributed by atoms with E-state index in [4.69, 9.17) is 16.3 Å². The molecule has 0 aliphatic carbocycles. The monoisotopic (exact) mass is 576 g/mol. The van der Waals surface area contributed by atoms with E-state index in [0.29, 0.717) is 19.7 Å². The number of halogens is 3. The van der Waals surface area contributed by atoms with Crippen LogP contribution < -0.4 is 0 Å². The minimum absolute atomic E-state index is 0.0804. The third kappa shape index (κ3) is 8.48. The first-order chi connectivity index (χ1) is 15.3. The number of unbranched alkanes of at least 4 members (excludes halogenated alkanes) is 3. The first-order valence-electron chi connectivity index (χ1n) is 11.8. The Balaban J connectivity index is 3.83. The molecule has 0 atom stereocenters. The second kappa shape index (κ2) is 15.1. The van der Waals surface area contributed by atoms with E-state index in [1.807, 2.05) is 0 Å². The molecule has 6 heteroatoms. The molecule has 0 aliphatic heterocycles. The molecule has 0 heterocycles. The first-order valence-corrected chi connectivity index (χ1v) is 19.7. The van der Waals surface area contributed by atoms with Gasteiger partial charge in [-0.25, -0.2) is 0 Å². The quantitative estimate of drug-likeness (QED) is 0.119. The van der Waals surface area contributed by atoms with Crippen molar-refractivity contribution in [1.29, 1.82) is 0 Å². The summed E-state index contributed by atoms with van der Waals surface area (Å²) >= 11 is 2.59. The zero-order valence-electron chi connectivity index (χ0n) is 20.1. The molecule has 0 saturated heterocycles. The second-order valence-corrected chi connectivity index (χ2v) is 22.1. The maximum atomic E-state index is 15.0. The van der Waals surface area contributed by atoms with Gasteiger partial charge in [-0.3, -0.25) is 0 Å². The van der Waals surface area contributed by atoms with Crippen molar-refractivity contribution in [3.8, 4) is 0 Å². The van der Waals surface area contributed by atoms with Crippen molar-refractivity contribution in [3.05, 3.63) is 50.6 Å². The molecule has 1 aromatic carbocycles. The Bertz CT molecular complexity index is 738. The number of allylic oxidation sites excluding steroid dienone is 2. The summed E-state index contributed by atoms with van der Waals surface area (Å²) in [6.45, 7) is 10.2. The van der Waals surface area contributed by atoms with Gasteiger partial charge in [-0.15, -0.1) is 0 Å². The summed E-state index contributed by atoms with van der Waals surface area (Å²) in [6.07, 6.45) is 3.47. The van der Waals surface area contributed by atoms with Gasteiger partial charge in [-0.2, -0.15) is 0 Å². The Hall–Kier alpha value is -0.881. The predicted octanol–water partition coefficient (Wildman–Crippen LogP) is 8.87. The Morgan fingerprint density at radius 1 is 1.00 bits per heavy atom. The number of alkyl halides is 2. The standard InChI is InChI=1S/C14H12ClF2O2.3C4H9.Sn/c1-9(14(18)19-2)7-11(8-13(16)17)10-3-5-12(15)6-4-10;3*1-3-4-2;/h3-6,13H,1,7H2,2H3;3*1,3-4H2,2H3;. The third-order valence-electron chi connectivity index (χ3n) is 6.20. The van der Waals surface area contributed by atoms with Crippen LogP contribution in [0.2, 0.25) is 18.3 Å². The number of hydrogen-bond acceptors (Lipinski definition) is 2. The molecule has 0 unspecified atom stereocenters.